The van der Waals surface area contributed by atoms with Crippen LogP contribution in [0.15, 0.2) is 175 Å². The average Bonchev–Trinajstić information content (AvgIpc) is 3.89. The van der Waals surface area contributed by atoms with Crippen LogP contribution in [0.2, 0.25) is 0 Å². The number of aryl methyl sites for hydroxylation is 5. The maximum atomic E-state index is 12.6. The monoisotopic (exact) mass is 685 g/mol. The van der Waals surface area contributed by atoms with Crippen molar-refractivity contribution in [2.45, 2.75) is 32.6 Å². The summed E-state index contributed by atoms with van der Waals surface area (Å²) in [5.74, 6) is 0. The highest BCUT2D eigenvalue weighted by molar-refractivity contribution is 7.90. The Kier molecular flexibility index (Phi) is 13.7. The van der Waals surface area contributed by atoms with Gasteiger partial charge in [0.05, 0.1) is 16.7 Å². The largest absolute Gasteiger partial charge is 0.341 e. The lowest BCUT2D eigenvalue weighted by Gasteiger charge is -2.07. The zero-order valence-corrected chi connectivity index (χ0v) is 30.3. The van der Waals surface area contributed by atoms with Gasteiger partial charge in [0.1, 0.15) is 0 Å². The molecule has 0 bridgehead atoms. The van der Waals surface area contributed by atoms with Gasteiger partial charge in [-0.2, -0.15) is 0 Å². The van der Waals surface area contributed by atoms with Crippen molar-refractivity contribution in [1.82, 2.24) is 13.5 Å². The molecular formula is C42H43N3O2S2. The van der Waals surface area contributed by atoms with Crippen LogP contribution >= 0.6 is 11.3 Å². The van der Waals surface area contributed by atoms with E-state index in [0.29, 0.717) is 10.4 Å². The molecule has 0 aliphatic rings. The third kappa shape index (κ3) is 11.2. The fraction of sp³-hybridized carbons (Fsp3) is 0.119. The van der Waals surface area contributed by atoms with Gasteiger partial charge in [0.25, 0.3) is 10.0 Å². The molecule has 0 spiro atoms. The molecule has 0 aliphatic carbocycles. The minimum absolute atomic E-state index is 0.302. The third-order valence-electron chi connectivity index (χ3n) is 7.32. The van der Waals surface area contributed by atoms with Gasteiger partial charge in [0.15, 0.2) is 0 Å². The van der Waals surface area contributed by atoms with E-state index in [1.165, 1.54) is 30.7 Å². The second-order valence-corrected chi connectivity index (χ2v) is 14.4. The van der Waals surface area contributed by atoms with Crippen LogP contribution in [-0.2, 0) is 17.1 Å². The maximum absolute atomic E-state index is 12.6. The molecule has 250 valence electrons. The van der Waals surface area contributed by atoms with Gasteiger partial charge in [-0.25, -0.2) is 17.4 Å². The fourth-order valence-corrected chi connectivity index (χ4v) is 6.72. The second kappa shape index (κ2) is 18.3. The molecule has 7 heteroatoms. The van der Waals surface area contributed by atoms with E-state index in [0.717, 1.165) is 10.9 Å². The van der Waals surface area contributed by atoms with E-state index in [-0.39, 0.29) is 0 Å². The van der Waals surface area contributed by atoms with Gasteiger partial charge in [-0.05, 0) is 73.7 Å². The quantitative estimate of drug-likeness (QED) is 0.182. The number of benzene rings is 5. The Hall–Kier alpha value is -5.24. The van der Waals surface area contributed by atoms with Crippen LogP contribution < -0.4 is 0 Å². The van der Waals surface area contributed by atoms with Crippen molar-refractivity contribution in [1.29, 1.82) is 0 Å². The molecule has 8 rings (SSSR count). The Balaban J connectivity index is 0.000000152. The highest BCUT2D eigenvalue weighted by Gasteiger charge is 2.19. The summed E-state index contributed by atoms with van der Waals surface area (Å²) >= 11 is 1.78. The Morgan fingerprint density at radius 3 is 1.80 bits per heavy atom. The molecule has 3 heterocycles. The van der Waals surface area contributed by atoms with E-state index < -0.39 is 10.0 Å². The molecule has 0 fully saturated rings. The van der Waals surface area contributed by atoms with E-state index in [9.17, 15) is 8.42 Å². The molecule has 49 heavy (non-hydrogen) atoms. The molecule has 0 saturated heterocycles. The summed E-state index contributed by atoms with van der Waals surface area (Å²) in [5.41, 5.74) is 4.31. The number of para-hydroxylation sites is 1. The Morgan fingerprint density at radius 1 is 0.633 bits per heavy atom. The van der Waals surface area contributed by atoms with Crippen molar-refractivity contribution in [2.75, 3.05) is 0 Å². The number of aromatic nitrogens is 3. The second-order valence-electron chi connectivity index (χ2n) is 11.4. The topological polar surface area (TPSA) is 56.9 Å². The number of hydrogen-bond acceptors (Lipinski definition) is 4. The molecule has 0 saturated carbocycles. The van der Waals surface area contributed by atoms with Gasteiger partial charge in [-0.15, -0.1) is 11.3 Å². The van der Waals surface area contributed by atoms with Crippen molar-refractivity contribution < 1.29 is 8.42 Å². The summed E-state index contributed by atoms with van der Waals surface area (Å²) in [6.45, 7) is 8.22. The molecule has 0 unspecified atom stereocenters. The van der Waals surface area contributed by atoms with Crippen LogP contribution in [0.1, 0.15) is 21.6 Å². The molecule has 0 radical (unpaired) electrons. The normalized spacial score (nSPS) is 10.3. The van der Waals surface area contributed by atoms with Gasteiger partial charge >= 0.3 is 0 Å². The molecule has 5 aromatic carbocycles. The molecule has 0 aliphatic heterocycles. The molecule has 5 nitrogen and oxygen atoms in total. The first-order valence-corrected chi connectivity index (χ1v) is 18.2. The van der Waals surface area contributed by atoms with Crippen LogP contribution in [0.3, 0.4) is 0 Å². The van der Waals surface area contributed by atoms with E-state index in [4.69, 9.17) is 0 Å². The summed E-state index contributed by atoms with van der Waals surface area (Å²) in [6.07, 6.45) is 7.06. The van der Waals surface area contributed by atoms with Crippen LogP contribution in [0.5, 0.6) is 0 Å². The summed E-state index contributed by atoms with van der Waals surface area (Å²) in [4.78, 5) is 5.47. The van der Waals surface area contributed by atoms with Crippen molar-refractivity contribution in [3.05, 3.63) is 191 Å². The highest BCUT2D eigenvalue weighted by Crippen LogP contribution is 2.25. The molecule has 0 amide bonds. The lowest BCUT2D eigenvalue weighted by Crippen LogP contribution is -2.11. The van der Waals surface area contributed by atoms with Crippen LogP contribution in [-0.4, -0.2) is 21.9 Å². The van der Waals surface area contributed by atoms with E-state index >= 15 is 0 Å². The number of fused-ring (bicyclic) bond motifs is 2. The molecule has 3 aromatic heterocycles. The first kappa shape index (κ1) is 36.6. The number of imidazole rings is 1. The summed E-state index contributed by atoms with van der Waals surface area (Å²) < 4.78 is 28.5. The van der Waals surface area contributed by atoms with Crippen molar-refractivity contribution in [3.8, 4) is 0 Å². The molecule has 8 aromatic rings. The molecule has 0 atom stereocenters. The predicted molar refractivity (Wildman–Crippen MR) is 208 cm³/mol. The number of nitrogens with zero attached hydrogens (tertiary/aromatic N) is 3. The minimum Gasteiger partial charge on any atom is -0.341 e. The van der Waals surface area contributed by atoms with Gasteiger partial charge in [-0.1, -0.05) is 126 Å². The lowest BCUT2D eigenvalue weighted by molar-refractivity contribution is 0.589. The maximum Gasteiger partial charge on any atom is 0.268 e. The highest BCUT2D eigenvalue weighted by atomic mass is 32.2. The zero-order valence-electron chi connectivity index (χ0n) is 28.6. The zero-order chi connectivity index (χ0) is 35.1. The van der Waals surface area contributed by atoms with E-state index in [2.05, 4.69) is 97.9 Å². The standard InChI is InChI=1S/C15H13NO2S.C11H10.C7H8.C5H6S.C4H6N2/c1-12-11-16(15-10-6-5-9-14(12)15)19(17,18)13-7-3-2-4-8-13;1-9-6-7-10-4-2-3-5-11(10)8-9;1-7-5-3-2-4-6-7;1-5-3-2-4-6-5;1-6-3-2-5-4-6/h2-11H,1H3;2-8H,1H3;2-6H,1H3;2*2-4H,1H3. The first-order valence-electron chi connectivity index (χ1n) is 15.9. The van der Waals surface area contributed by atoms with Crippen LogP contribution in [0.25, 0.3) is 21.7 Å². The number of thiophene rings is 1. The van der Waals surface area contributed by atoms with Gasteiger partial charge < -0.3 is 4.57 Å². The molecular weight excluding hydrogens is 643 g/mol. The Labute approximate surface area is 294 Å². The third-order valence-corrected chi connectivity index (χ3v) is 9.81. The van der Waals surface area contributed by atoms with Gasteiger partial charge in [0, 0.05) is 35.9 Å². The first-order chi connectivity index (χ1) is 23.6. The summed E-state index contributed by atoms with van der Waals surface area (Å²) in [5, 5.41) is 5.68. The SMILES string of the molecule is Cc1ccc2ccccc2c1.Cc1ccccc1.Cc1cccs1.Cc1cn(S(=O)(=O)c2ccccc2)c2ccccc12.Cn1ccnc1. The van der Waals surface area contributed by atoms with E-state index in [1.807, 2.05) is 67.2 Å². The summed E-state index contributed by atoms with van der Waals surface area (Å²) in [6, 6.07) is 45.3. The average molecular weight is 686 g/mol. The minimum atomic E-state index is -3.53. The Morgan fingerprint density at radius 2 is 1.27 bits per heavy atom. The van der Waals surface area contributed by atoms with Crippen LogP contribution in [0, 0.1) is 27.7 Å². The Bertz CT molecular complexity index is 2190. The van der Waals surface area contributed by atoms with Crippen molar-refractivity contribution >= 4 is 43.0 Å². The predicted octanol–water partition coefficient (Wildman–Crippen LogP) is 10.8. The lowest BCUT2D eigenvalue weighted by atomic mass is 10.1. The number of rotatable bonds is 2. The van der Waals surface area contributed by atoms with Gasteiger partial charge in [-0.3, -0.25) is 0 Å². The molecule has 0 N–H and O–H groups in total. The fourth-order valence-electron chi connectivity index (χ4n) is 4.75. The van der Waals surface area contributed by atoms with Gasteiger partial charge in [0.2, 0.25) is 0 Å². The number of hydrogen-bond donors (Lipinski definition) is 0. The van der Waals surface area contributed by atoms with Crippen LogP contribution in [0.4, 0.5) is 0 Å². The summed E-state index contributed by atoms with van der Waals surface area (Å²) in [7, 11) is -1.59. The van der Waals surface area contributed by atoms with Crippen molar-refractivity contribution in [2.24, 2.45) is 7.05 Å². The van der Waals surface area contributed by atoms with Crippen molar-refractivity contribution in [3.63, 3.8) is 0 Å². The smallest absolute Gasteiger partial charge is 0.268 e. The van der Waals surface area contributed by atoms with E-state index in [1.54, 1.807) is 60.4 Å².